The fraction of sp³-hybridized carbons (Fsp3) is 0.857. The number of aliphatic hydroxyl groups excluding tert-OH is 1. The standard InChI is InChI=1S/C21H41NO3/c1-2-3-4-5-6-7-8-9-10-11-12-13-14-15-16-17-18-22-20(19-23)21(24)25/h9-10,20,22-23H,2-8,11-19H2,1H3,(H,24,25)/b10-9-/t20-/m0/s1. The molecule has 0 bridgehead atoms. The van der Waals surface area contributed by atoms with Crippen molar-refractivity contribution in [1.29, 1.82) is 0 Å². The molecule has 0 fully saturated rings. The molecule has 0 saturated carbocycles. The Hall–Kier alpha value is -0.870. The van der Waals surface area contributed by atoms with Gasteiger partial charge in [-0.2, -0.15) is 0 Å². The highest BCUT2D eigenvalue weighted by Crippen LogP contribution is 2.09. The van der Waals surface area contributed by atoms with Crippen LogP contribution in [0.15, 0.2) is 12.2 Å². The largest absolute Gasteiger partial charge is 0.480 e. The molecular weight excluding hydrogens is 314 g/mol. The van der Waals surface area contributed by atoms with Crippen molar-refractivity contribution in [2.75, 3.05) is 13.2 Å². The van der Waals surface area contributed by atoms with Crippen LogP contribution in [0.4, 0.5) is 0 Å². The van der Waals surface area contributed by atoms with Gasteiger partial charge in [0.05, 0.1) is 6.61 Å². The first-order chi connectivity index (χ1) is 12.2. The Morgan fingerprint density at radius 3 is 1.80 bits per heavy atom. The molecule has 0 saturated heterocycles. The molecule has 1 atom stereocenters. The third kappa shape index (κ3) is 17.7. The van der Waals surface area contributed by atoms with Gasteiger partial charge in [-0.15, -0.1) is 0 Å². The molecule has 0 radical (unpaired) electrons. The zero-order valence-corrected chi connectivity index (χ0v) is 16.3. The van der Waals surface area contributed by atoms with E-state index in [0.717, 1.165) is 12.8 Å². The molecule has 25 heavy (non-hydrogen) atoms. The molecule has 0 aromatic carbocycles. The summed E-state index contributed by atoms with van der Waals surface area (Å²) in [4.78, 5) is 10.7. The lowest BCUT2D eigenvalue weighted by Gasteiger charge is -2.10. The van der Waals surface area contributed by atoms with Gasteiger partial charge in [0.25, 0.3) is 0 Å². The maximum absolute atomic E-state index is 10.7. The third-order valence-electron chi connectivity index (χ3n) is 4.56. The second-order valence-corrected chi connectivity index (χ2v) is 6.97. The zero-order valence-electron chi connectivity index (χ0n) is 16.3. The summed E-state index contributed by atoms with van der Waals surface area (Å²) >= 11 is 0. The number of carboxylic acid groups (broad SMARTS) is 1. The van der Waals surface area contributed by atoms with E-state index < -0.39 is 12.0 Å². The Bertz CT molecular complexity index is 318. The van der Waals surface area contributed by atoms with E-state index >= 15 is 0 Å². The minimum Gasteiger partial charge on any atom is -0.480 e. The monoisotopic (exact) mass is 355 g/mol. The lowest BCUT2D eigenvalue weighted by molar-refractivity contribution is -0.140. The number of aliphatic hydroxyl groups is 1. The molecule has 0 aliphatic rings. The Morgan fingerprint density at radius 1 is 0.840 bits per heavy atom. The molecule has 148 valence electrons. The van der Waals surface area contributed by atoms with Crippen molar-refractivity contribution in [3.63, 3.8) is 0 Å². The summed E-state index contributed by atoms with van der Waals surface area (Å²) in [6.07, 6.45) is 22.5. The van der Waals surface area contributed by atoms with E-state index in [1.165, 1.54) is 77.0 Å². The fourth-order valence-electron chi connectivity index (χ4n) is 2.88. The summed E-state index contributed by atoms with van der Waals surface area (Å²) in [6.45, 7) is 2.58. The van der Waals surface area contributed by atoms with Crippen LogP contribution in [-0.4, -0.2) is 35.4 Å². The zero-order chi connectivity index (χ0) is 18.6. The van der Waals surface area contributed by atoms with Crippen LogP contribution in [-0.2, 0) is 4.79 Å². The van der Waals surface area contributed by atoms with Gasteiger partial charge in [-0.3, -0.25) is 4.79 Å². The minimum atomic E-state index is -0.980. The molecule has 3 N–H and O–H groups in total. The van der Waals surface area contributed by atoms with E-state index in [1.807, 2.05) is 0 Å². The number of carbonyl (C=O) groups is 1. The number of hydrogen-bond acceptors (Lipinski definition) is 3. The van der Waals surface area contributed by atoms with Gasteiger partial charge in [0.15, 0.2) is 0 Å². The molecule has 4 heteroatoms. The first-order valence-electron chi connectivity index (χ1n) is 10.4. The smallest absolute Gasteiger partial charge is 0.323 e. The van der Waals surface area contributed by atoms with Gasteiger partial charge in [0, 0.05) is 0 Å². The van der Waals surface area contributed by atoms with Crippen molar-refractivity contribution in [3.8, 4) is 0 Å². The number of nitrogens with one attached hydrogen (secondary N) is 1. The fourth-order valence-corrected chi connectivity index (χ4v) is 2.88. The topological polar surface area (TPSA) is 69.6 Å². The Balaban J connectivity index is 3.20. The minimum absolute atomic E-state index is 0.346. The maximum atomic E-state index is 10.7. The van der Waals surface area contributed by atoms with Crippen molar-refractivity contribution in [2.45, 2.75) is 103 Å². The second-order valence-electron chi connectivity index (χ2n) is 6.97. The summed E-state index contributed by atoms with van der Waals surface area (Å²) < 4.78 is 0. The quantitative estimate of drug-likeness (QED) is 0.224. The highest BCUT2D eigenvalue weighted by molar-refractivity contribution is 5.73. The molecular formula is C21H41NO3. The predicted molar refractivity (Wildman–Crippen MR) is 106 cm³/mol. The van der Waals surface area contributed by atoms with Crippen LogP contribution in [0.25, 0.3) is 0 Å². The first-order valence-corrected chi connectivity index (χ1v) is 10.4. The predicted octanol–water partition coefficient (Wildman–Crippen LogP) is 5.06. The van der Waals surface area contributed by atoms with E-state index in [9.17, 15) is 4.79 Å². The summed E-state index contributed by atoms with van der Waals surface area (Å²) in [6, 6.07) is -0.817. The summed E-state index contributed by atoms with van der Waals surface area (Å²) in [5.74, 6) is -0.980. The van der Waals surface area contributed by atoms with Crippen LogP contribution in [0.5, 0.6) is 0 Å². The second kappa shape index (κ2) is 19.5. The number of rotatable bonds is 19. The highest BCUT2D eigenvalue weighted by atomic mass is 16.4. The average Bonchev–Trinajstić information content (AvgIpc) is 2.60. The Morgan fingerprint density at radius 2 is 1.32 bits per heavy atom. The lowest BCUT2D eigenvalue weighted by atomic mass is 10.1. The van der Waals surface area contributed by atoms with E-state index in [2.05, 4.69) is 24.4 Å². The van der Waals surface area contributed by atoms with E-state index in [-0.39, 0.29) is 6.61 Å². The van der Waals surface area contributed by atoms with Crippen LogP contribution in [0.2, 0.25) is 0 Å². The van der Waals surface area contributed by atoms with Gasteiger partial charge in [-0.1, -0.05) is 76.9 Å². The van der Waals surface area contributed by atoms with Crippen molar-refractivity contribution in [3.05, 3.63) is 12.2 Å². The molecule has 0 amide bonds. The molecule has 0 rings (SSSR count). The number of aliphatic carboxylic acids is 1. The molecule has 0 spiro atoms. The molecule has 0 heterocycles. The van der Waals surface area contributed by atoms with Crippen molar-refractivity contribution >= 4 is 5.97 Å². The average molecular weight is 356 g/mol. The van der Waals surface area contributed by atoms with Gasteiger partial charge in [-0.25, -0.2) is 0 Å². The Kier molecular flexibility index (Phi) is 18.8. The number of unbranched alkanes of at least 4 members (excludes halogenated alkanes) is 12. The van der Waals surface area contributed by atoms with Crippen LogP contribution in [0.3, 0.4) is 0 Å². The SMILES string of the molecule is CCCCCCCC/C=C\CCCCCCCCN[C@@H](CO)C(=O)O. The highest BCUT2D eigenvalue weighted by Gasteiger charge is 2.13. The van der Waals surface area contributed by atoms with Crippen LogP contribution in [0.1, 0.15) is 96.8 Å². The molecule has 0 aliphatic carbocycles. The first kappa shape index (κ1) is 24.1. The van der Waals surface area contributed by atoms with E-state index in [0.29, 0.717) is 6.54 Å². The van der Waals surface area contributed by atoms with Crippen LogP contribution in [0, 0.1) is 0 Å². The van der Waals surface area contributed by atoms with Crippen LogP contribution < -0.4 is 5.32 Å². The summed E-state index contributed by atoms with van der Waals surface area (Å²) in [7, 11) is 0. The van der Waals surface area contributed by atoms with E-state index in [1.54, 1.807) is 0 Å². The molecule has 4 nitrogen and oxygen atoms in total. The molecule has 0 aliphatic heterocycles. The summed E-state index contributed by atoms with van der Waals surface area (Å²) in [5.41, 5.74) is 0. The molecule has 0 aromatic rings. The van der Waals surface area contributed by atoms with Gasteiger partial charge in [0.1, 0.15) is 6.04 Å². The van der Waals surface area contributed by atoms with E-state index in [4.69, 9.17) is 10.2 Å². The van der Waals surface area contributed by atoms with Gasteiger partial charge in [-0.05, 0) is 38.6 Å². The number of hydrogen-bond donors (Lipinski definition) is 3. The maximum Gasteiger partial charge on any atom is 0.323 e. The third-order valence-corrected chi connectivity index (χ3v) is 4.56. The Labute approximate surface area is 155 Å². The molecule has 0 unspecified atom stereocenters. The molecule has 0 aromatic heterocycles. The van der Waals surface area contributed by atoms with Crippen LogP contribution >= 0.6 is 0 Å². The lowest BCUT2D eigenvalue weighted by Crippen LogP contribution is -2.40. The van der Waals surface area contributed by atoms with Crippen molar-refractivity contribution in [2.24, 2.45) is 0 Å². The number of carboxylic acids is 1. The van der Waals surface area contributed by atoms with Crippen molar-refractivity contribution < 1.29 is 15.0 Å². The van der Waals surface area contributed by atoms with Gasteiger partial charge < -0.3 is 15.5 Å². The van der Waals surface area contributed by atoms with Gasteiger partial charge in [0.2, 0.25) is 0 Å². The number of allylic oxidation sites excluding steroid dienone is 2. The van der Waals surface area contributed by atoms with Gasteiger partial charge >= 0.3 is 5.97 Å². The summed E-state index contributed by atoms with van der Waals surface area (Å²) in [5, 5.41) is 20.5. The van der Waals surface area contributed by atoms with Crippen molar-refractivity contribution in [1.82, 2.24) is 5.32 Å². The normalized spacial score (nSPS) is 12.7.